The summed E-state index contributed by atoms with van der Waals surface area (Å²) in [5.41, 5.74) is -0.153. The topological polar surface area (TPSA) is 106 Å². The number of rotatable bonds is 6. The summed E-state index contributed by atoms with van der Waals surface area (Å²) in [5.74, 6) is 0.546. The van der Waals surface area contributed by atoms with Gasteiger partial charge in [0.25, 0.3) is 0 Å². The molecule has 2 heterocycles. The van der Waals surface area contributed by atoms with E-state index in [2.05, 4.69) is 25.6 Å². The highest BCUT2D eigenvalue weighted by molar-refractivity contribution is 7.11. The number of nitro groups is 1. The molecule has 0 aliphatic rings. The van der Waals surface area contributed by atoms with E-state index < -0.39 is 4.92 Å². The molecule has 8 nitrogen and oxygen atoms in total. The molecule has 0 saturated heterocycles. The van der Waals surface area contributed by atoms with Crippen LogP contribution in [0.5, 0.6) is 0 Å². The van der Waals surface area contributed by atoms with Gasteiger partial charge in [0.2, 0.25) is 11.8 Å². The van der Waals surface area contributed by atoms with Crippen LogP contribution in [0.4, 0.5) is 17.5 Å². The van der Waals surface area contributed by atoms with Gasteiger partial charge >= 0.3 is 5.69 Å². The number of hydrogen-bond acceptors (Lipinski definition) is 8. The van der Waals surface area contributed by atoms with Crippen LogP contribution >= 0.6 is 11.3 Å². The first-order chi connectivity index (χ1) is 9.60. The van der Waals surface area contributed by atoms with Crippen molar-refractivity contribution < 1.29 is 4.92 Å². The van der Waals surface area contributed by atoms with Gasteiger partial charge < -0.3 is 10.6 Å². The predicted molar refractivity (Wildman–Crippen MR) is 77.0 cm³/mol. The summed E-state index contributed by atoms with van der Waals surface area (Å²) < 4.78 is 0. The third-order valence-corrected chi connectivity index (χ3v) is 3.29. The van der Waals surface area contributed by atoms with Crippen molar-refractivity contribution in [1.82, 2.24) is 15.0 Å². The monoisotopic (exact) mass is 294 g/mol. The standard InChI is InChI=1S/C11H14N6O2S/c1-3-12-11-15-5-8(17(18)19)10(16-11)14-6-9-13-4-7(2)20-9/h4-5H,3,6H2,1-2H3,(H2,12,14,15,16). The molecule has 106 valence electrons. The molecule has 0 fully saturated rings. The molecule has 0 aliphatic heterocycles. The van der Waals surface area contributed by atoms with E-state index in [4.69, 9.17) is 0 Å². The molecular formula is C11H14N6O2S. The third kappa shape index (κ3) is 3.38. The summed E-state index contributed by atoms with van der Waals surface area (Å²) in [7, 11) is 0. The lowest BCUT2D eigenvalue weighted by Crippen LogP contribution is -2.09. The summed E-state index contributed by atoms with van der Waals surface area (Å²) in [5, 5.41) is 17.7. The molecule has 0 atom stereocenters. The zero-order chi connectivity index (χ0) is 14.5. The molecule has 0 spiro atoms. The Labute approximate surface area is 119 Å². The second-order valence-electron chi connectivity index (χ2n) is 3.93. The quantitative estimate of drug-likeness (QED) is 0.621. The van der Waals surface area contributed by atoms with Crippen LogP contribution in [0.15, 0.2) is 12.4 Å². The van der Waals surface area contributed by atoms with Crippen molar-refractivity contribution in [2.75, 3.05) is 17.2 Å². The van der Waals surface area contributed by atoms with Gasteiger partial charge in [0.1, 0.15) is 11.2 Å². The molecule has 2 N–H and O–H groups in total. The van der Waals surface area contributed by atoms with Crippen molar-refractivity contribution in [2.45, 2.75) is 20.4 Å². The van der Waals surface area contributed by atoms with Crippen LogP contribution in [0.25, 0.3) is 0 Å². The zero-order valence-corrected chi connectivity index (χ0v) is 11.9. The summed E-state index contributed by atoms with van der Waals surface area (Å²) >= 11 is 1.53. The first kappa shape index (κ1) is 14.1. The molecule has 0 aliphatic carbocycles. The number of thiazole rings is 1. The Kier molecular flexibility index (Phi) is 4.41. The lowest BCUT2D eigenvalue weighted by molar-refractivity contribution is -0.384. The maximum Gasteiger partial charge on any atom is 0.329 e. The Morgan fingerprint density at radius 3 is 2.75 bits per heavy atom. The van der Waals surface area contributed by atoms with Crippen molar-refractivity contribution in [1.29, 1.82) is 0 Å². The lowest BCUT2D eigenvalue weighted by atomic mass is 10.4. The van der Waals surface area contributed by atoms with Crippen molar-refractivity contribution in [3.8, 4) is 0 Å². The summed E-state index contributed by atoms with van der Waals surface area (Å²) in [6, 6.07) is 0. The first-order valence-corrected chi connectivity index (χ1v) is 6.82. The van der Waals surface area contributed by atoms with Crippen LogP contribution in [0.1, 0.15) is 16.8 Å². The van der Waals surface area contributed by atoms with Gasteiger partial charge in [0.05, 0.1) is 11.5 Å². The summed E-state index contributed by atoms with van der Waals surface area (Å²) in [6.07, 6.45) is 2.96. The van der Waals surface area contributed by atoms with E-state index in [0.717, 1.165) is 9.88 Å². The van der Waals surface area contributed by atoms with Crippen molar-refractivity contribution >= 4 is 28.8 Å². The van der Waals surface area contributed by atoms with Crippen molar-refractivity contribution in [3.05, 3.63) is 32.4 Å². The van der Waals surface area contributed by atoms with Gasteiger partial charge in [-0.3, -0.25) is 10.1 Å². The van der Waals surface area contributed by atoms with Crippen LogP contribution in [0, 0.1) is 17.0 Å². The second-order valence-corrected chi connectivity index (χ2v) is 5.25. The predicted octanol–water partition coefficient (Wildman–Crippen LogP) is 2.19. The van der Waals surface area contributed by atoms with Gasteiger partial charge in [-0.25, -0.2) is 9.97 Å². The highest BCUT2D eigenvalue weighted by Gasteiger charge is 2.17. The highest BCUT2D eigenvalue weighted by atomic mass is 32.1. The van der Waals surface area contributed by atoms with Crippen LogP contribution in [-0.4, -0.2) is 26.4 Å². The van der Waals surface area contributed by atoms with Gasteiger partial charge in [-0.2, -0.15) is 4.98 Å². The lowest BCUT2D eigenvalue weighted by Gasteiger charge is -2.06. The van der Waals surface area contributed by atoms with Crippen molar-refractivity contribution in [3.63, 3.8) is 0 Å². The first-order valence-electron chi connectivity index (χ1n) is 6.00. The maximum atomic E-state index is 11.0. The number of aromatic nitrogens is 3. The molecule has 20 heavy (non-hydrogen) atoms. The average molecular weight is 294 g/mol. The van der Waals surface area contributed by atoms with E-state index in [9.17, 15) is 10.1 Å². The van der Waals surface area contributed by atoms with Crippen LogP contribution in [0.3, 0.4) is 0 Å². The number of nitrogens with zero attached hydrogens (tertiary/aromatic N) is 4. The van der Waals surface area contributed by atoms with E-state index in [0.29, 0.717) is 19.0 Å². The number of aryl methyl sites for hydroxylation is 1. The van der Waals surface area contributed by atoms with E-state index in [1.54, 1.807) is 6.20 Å². The molecule has 2 aromatic rings. The molecule has 0 saturated carbocycles. The molecule has 2 rings (SSSR count). The van der Waals surface area contributed by atoms with E-state index in [1.165, 1.54) is 17.5 Å². The zero-order valence-electron chi connectivity index (χ0n) is 11.1. The number of nitrogens with one attached hydrogen (secondary N) is 2. The van der Waals surface area contributed by atoms with Gasteiger partial charge in [0, 0.05) is 17.6 Å². The van der Waals surface area contributed by atoms with Gasteiger partial charge in [0.15, 0.2) is 0 Å². The Morgan fingerprint density at radius 2 is 2.15 bits per heavy atom. The highest BCUT2D eigenvalue weighted by Crippen LogP contribution is 2.23. The Morgan fingerprint density at radius 1 is 1.35 bits per heavy atom. The number of anilines is 2. The fraction of sp³-hybridized carbons (Fsp3) is 0.364. The molecule has 0 unspecified atom stereocenters. The van der Waals surface area contributed by atoms with Crippen LogP contribution in [-0.2, 0) is 6.54 Å². The Hall–Kier alpha value is -2.29. The minimum absolute atomic E-state index is 0.153. The van der Waals surface area contributed by atoms with Gasteiger partial charge in [-0.1, -0.05) is 0 Å². The fourth-order valence-corrected chi connectivity index (χ4v) is 2.25. The van der Waals surface area contributed by atoms with Crippen LogP contribution in [0.2, 0.25) is 0 Å². The minimum atomic E-state index is -0.509. The van der Waals surface area contributed by atoms with E-state index in [1.807, 2.05) is 13.8 Å². The normalized spacial score (nSPS) is 10.3. The van der Waals surface area contributed by atoms with Crippen LogP contribution < -0.4 is 10.6 Å². The van der Waals surface area contributed by atoms with Crippen molar-refractivity contribution in [2.24, 2.45) is 0 Å². The second kappa shape index (κ2) is 6.24. The average Bonchev–Trinajstić information content (AvgIpc) is 2.82. The largest absolute Gasteiger partial charge is 0.358 e. The van der Waals surface area contributed by atoms with E-state index >= 15 is 0 Å². The third-order valence-electron chi connectivity index (χ3n) is 2.38. The number of hydrogen-bond donors (Lipinski definition) is 2. The Bertz CT molecular complexity index is 615. The van der Waals surface area contributed by atoms with Gasteiger partial charge in [-0.15, -0.1) is 11.3 Å². The summed E-state index contributed by atoms with van der Waals surface area (Å²) in [4.78, 5) is 23.7. The molecule has 0 bridgehead atoms. The molecule has 2 aromatic heterocycles. The SMILES string of the molecule is CCNc1ncc([N+](=O)[O-])c(NCc2ncc(C)s2)n1. The molecular weight excluding hydrogens is 280 g/mol. The minimum Gasteiger partial charge on any atom is -0.358 e. The Balaban J connectivity index is 2.18. The maximum absolute atomic E-state index is 11.0. The molecule has 9 heteroatoms. The fourth-order valence-electron chi connectivity index (χ4n) is 1.52. The molecule has 0 aromatic carbocycles. The van der Waals surface area contributed by atoms with E-state index in [-0.39, 0.29) is 11.5 Å². The summed E-state index contributed by atoms with van der Waals surface area (Å²) in [6.45, 7) is 4.89. The van der Waals surface area contributed by atoms with Gasteiger partial charge in [-0.05, 0) is 13.8 Å². The molecule has 0 radical (unpaired) electrons. The molecule has 0 amide bonds. The smallest absolute Gasteiger partial charge is 0.329 e.